The summed E-state index contributed by atoms with van der Waals surface area (Å²) in [6, 6.07) is 7.48. The maximum absolute atomic E-state index is 13.1. The summed E-state index contributed by atoms with van der Waals surface area (Å²) in [4.78, 5) is 49.8. The summed E-state index contributed by atoms with van der Waals surface area (Å²) in [5.74, 6) is -1.51. The monoisotopic (exact) mass is 522 g/mol. The number of methoxy groups -OCH3 is 1. The number of esters is 1. The Morgan fingerprint density at radius 3 is 2.22 bits per heavy atom. The molecular weight excluding hydrogens is 484 g/mol. The summed E-state index contributed by atoms with van der Waals surface area (Å²) in [6.45, 7) is 6.99. The first-order valence-electron chi connectivity index (χ1n) is 11.9. The SMILES string of the molecule is CCCC[C@H](NC(=O)[C@H](Cc1ccccc1)NC(=O)CNC(=S)CNC(=O)OC(C)(C)C)C(=O)OC. The highest BCUT2D eigenvalue weighted by atomic mass is 32.1. The highest BCUT2D eigenvalue weighted by Gasteiger charge is 2.27. The molecule has 2 atom stereocenters. The van der Waals surface area contributed by atoms with E-state index in [4.69, 9.17) is 21.7 Å². The molecule has 0 heterocycles. The van der Waals surface area contributed by atoms with Gasteiger partial charge < -0.3 is 30.7 Å². The van der Waals surface area contributed by atoms with Gasteiger partial charge in [-0.3, -0.25) is 9.59 Å². The fourth-order valence-electron chi connectivity index (χ4n) is 3.08. The molecule has 0 aliphatic carbocycles. The van der Waals surface area contributed by atoms with Crippen molar-refractivity contribution in [3.05, 3.63) is 35.9 Å². The van der Waals surface area contributed by atoms with Crippen LogP contribution in [0.15, 0.2) is 30.3 Å². The number of hydrogen-bond acceptors (Lipinski definition) is 7. The van der Waals surface area contributed by atoms with Crippen LogP contribution >= 0.6 is 12.2 Å². The van der Waals surface area contributed by atoms with E-state index in [0.29, 0.717) is 6.42 Å². The van der Waals surface area contributed by atoms with E-state index >= 15 is 0 Å². The average Bonchev–Trinajstić information content (AvgIpc) is 2.82. The summed E-state index contributed by atoms with van der Waals surface area (Å²) in [6.07, 6.45) is 1.61. The molecule has 11 heteroatoms. The zero-order valence-corrected chi connectivity index (χ0v) is 22.5. The average molecular weight is 523 g/mol. The third-order valence-electron chi connectivity index (χ3n) is 4.82. The molecule has 0 fully saturated rings. The number of hydrogen-bond donors (Lipinski definition) is 4. The van der Waals surface area contributed by atoms with Crippen LogP contribution < -0.4 is 21.3 Å². The minimum absolute atomic E-state index is 0.0102. The van der Waals surface area contributed by atoms with Gasteiger partial charge >= 0.3 is 12.1 Å². The zero-order chi connectivity index (χ0) is 27.1. The fraction of sp³-hybridized carbons (Fsp3) is 0.560. The Hall–Kier alpha value is -3.21. The first kappa shape index (κ1) is 30.8. The van der Waals surface area contributed by atoms with E-state index in [1.807, 2.05) is 37.3 Å². The van der Waals surface area contributed by atoms with Gasteiger partial charge in [0.05, 0.1) is 25.2 Å². The van der Waals surface area contributed by atoms with Crippen LogP contribution in [0.25, 0.3) is 0 Å². The minimum atomic E-state index is -0.927. The lowest BCUT2D eigenvalue weighted by atomic mass is 10.0. The Kier molecular flexibility index (Phi) is 13.5. The zero-order valence-electron chi connectivity index (χ0n) is 21.6. The summed E-state index contributed by atoms with van der Waals surface area (Å²) >= 11 is 5.15. The first-order valence-corrected chi connectivity index (χ1v) is 12.3. The van der Waals surface area contributed by atoms with Gasteiger partial charge in [-0.05, 0) is 32.8 Å². The molecule has 1 aromatic rings. The van der Waals surface area contributed by atoms with Crippen LogP contribution in [0, 0.1) is 0 Å². The predicted molar refractivity (Wildman–Crippen MR) is 140 cm³/mol. The minimum Gasteiger partial charge on any atom is -0.467 e. The summed E-state index contributed by atoms with van der Waals surface area (Å²) in [7, 11) is 1.27. The van der Waals surface area contributed by atoms with Crippen LogP contribution in [0.3, 0.4) is 0 Å². The van der Waals surface area contributed by atoms with Gasteiger partial charge in [-0.25, -0.2) is 9.59 Å². The fourth-order valence-corrected chi connectivity index (χ4v) is 3.23. The van der Waals surface area contributed by atoms with Crippen LogP contribution in [0.1, 0.15) is 52.5 Å². The van der Waals surface area contributed by atoms with Crippen molar-refractivity contribution in [2.75, 3.05) is 20.2 Å². The van der Waals surface area contributed by atoms with Gasteiger partial charge in [-0.2, -0.15) is 0 Å². The van der Waals surface area contributed by atoms with Crippen LogP contribution in [0.2, 0.25) is 0 Å². The summed E-state index contributed by atoms with van der Waals surface area (Å²) in [5, 5.41) is 10.7. The van der Waals surface area contributed by atoms with Crippen molar-refractivity contribution in [1.82, 2.24) is 21.3 Å². The summed E-state index contributed by atoms with van der Waals surface area (Å²) in [5.41, 5.74) is 0.197. The van der Waals surface area contributed by atoms with Gasteiger partial charge in [0.1, 0.15) is 17.7 Å². The van der Waals surface area contributed by atoms with E-state index in [1.54, 1.807) is 20.8 Å². The molecular formula is C25H38N4O6S. The largest absolute Gasteiger partial charge is 0.467 e. The van der Waals surface area contributed by atoms with Crippen molar-refractivity contribution in [3.8, 4) is 0 Å². The lowest BCUT2D eigenvalue weighted by Crippen LogP contribution is -2.54. The van der Waals surface area contributed by atoms with Crippen molar-refractivity contribution in [2.24, 2.45) is 0 Å². The van der Waals surface area contributed by atoms with Crippen LogP contribution in [-0.4, -0.2) is 66.7 Å². The lowest BCUT2D eigenvalue weighted by Gasteiger charge is -2.23. The van der Waals surface area contributed by atoms with Crippen LogP contribution in [-0.2, 0) is 30.3 Å². The number of rotatable bonds is 13. The number of benzene rings is 1. The molecule has 0 saturated carbocycles. The number of alkyl carbamates (subject to hydrolysis) is 1. The first-order chi connectivity index (χ1) is 16.9. The smallest absolute Gasteiger partial charge is 0.408 e. The Labute approximate surface area is 218 Å². The van der Waals surface area contributed by atoms with Crippen LogP contribution in [0.4, 0.5) is 4.79 Å². The van der Waals surface area contributed by atoms with E-state index in [1.165, 1.54) is 7.11 Å². The van der Waals surface area contributed by atoms with E-state index in [-0.39, 0.29) is 24.5 Å². The number of carbonyl (C=O) groups excluding carboxylic acids is 4. The third kappa shape index (κ3) is 13.0. The van der Waals surface area contributed by atoms with Crippen molar-refractivity contribution in [3.63, 3.8) is 0 Å². The molecule has 1 rings (SSSR count). The molecule has 0 bridgehead atoms. The van der Waals surface area contributed by atoms with Gasteiger partial charge in [0.25, 0.3) is 0 Å². The van der Waals surface area contributed by atoms with Crippen molar-refractivity contribution >= 4 is 41.1 Å². The van der Waals surface area contributed by atoms with Gasteiger partial charge in [0.2, 0.25) is 11.8 Å². The van der Waals surface area contributed by atoms with Gasteiger partial charge in [-0.15, -0.1) is 0 Å². The van der Waals surface area contributed by atoms with Gasteiger partial charge in [0, 0.05) is 6.42 Å². The Morgan fingerprint density at radius 2 is 1.64 bits per heavy atom. The quantitative estimate of drug-likeness (QED) is 0.228. The Balaban J connectivity index is 2.74. The van der Waals surface area contributed by atoms with Crippen molar-refractivity contribution in [2.45, 2.75) is 71.1 Å². The molecule has 1 aromatic carbocycles. The standard InChI is InChI=1S/C25H38N4O6S/c1-6-7-13-18(23(32)34-5)29-22(31)19(14-17-11-9-8-10-12-17)28-20(30)15-26-21(36)16-27-24(33)35-25(2,3)4/h8-12,18-19H,6-7,13-16H2,1-5H3,(H,26,36)(H,27,33)(H,28,30)(H,29,31)/t18-,19-/m0/s1. The molecule has 0 saturated heterocycles. The third-order valence-corrected chi connectivity index (χ3v) is 5.11. The molecule has 10 nitrogen and oxygen atoms in total. The number of thiocarbonyl (C=S) groups is 1. The second kappa shape index (κ2) is 15.7. The highest BCUT2D eigenvalue weighted by Crippen LogP contribution is 2.07. The molecule has 3 amide bonds. The lowest BCUT2D eigenvalue weighted by molar-refractivity contribution is -0.145. The molecule has 0 aliphatic heterocycles. The molecule has 0 aliphatic rings. The molecule has 0 spiro atoms. The van der Waals surface area contributed by atoms with Crippen molar-refractivity contribution < 1.29 is 28.7 Å². The maximum atomic E-state index is 13.1. The number of carbonyl (C=O) groups is 4. The van der Waals surface area contributed by atoms with E-state index in [2.05, 4.69) is 21.3 Å². The normalized spacial score (nSPS) is 12.5. The van der Waals surface area contributed by atoms with E-state index < -0.39 is 41.6 Å². The molecule has 0 radical (unpaired) electrons. The second-order valence-electron chi connectivity index (χ2n) is 9.17. The molecule has 200 valence electrons. The topological polar surface area (TPSA) is 135 Å². The number of nitrogens with one attached hydrogen (secondary N) is 4. The Morgan fingerprint density at radius 1 is 0.972 bits per heavy atom. The maximum Gasteiger partial charge on any atom is 0.408 e. The van der Waals surface area contributed by atoms with E-state index in [9.17, 15) is 19.2 Å². The van der Waals surface area contributed by atoms with Gasteiger partial charge in [-0.1, -0.05) is 62.3 Å². The molecule has 4 N–H and O–H groups in total. The molecule has 36 heavy (non-hydrogen) atoms. The number of amides is 3. The highest BCUT2D eigenvalue weighted by molar-refractivity contribution is 7.80. The van der Waals surface area contributed by atoms with Gasteiger partial charge in [0.15, 0.2) is 0 Å². The van der Waals surface area contributed by atoms with Crippen molar-refractivity contribution in [1.29, 1.82) is 0 Å². The molecule has 0 unspecified atom stereocenters. The van der Waals surface area contributed by atoms with E-state index in [0.717, 1.165) is 18.4 Å². The Bertz CT molecular complexity index is 888. The van der Waals surface area contributed by atoms with Crippen LogP contribution in [0.5, 0.6) is 0 Å². The second-order valence-corrected chi connectivity index (χ2v) is 9.66. The predicted octanol–water partition coefficient (Wildman–Crippen LogP) is 2.00. The summed E-state index contributed by atoms with van der Waals surface area (Å²) < 4.78 is 9.95. The molecule has 0 aromatic heterocycles. The number of unbranched alkanes of at least 4 members (excludes halogenated alkanes) is 1. The number of ether oxygens (including phenoxy) is 2.